The predicted octanol–water partition coefficient (Wildman–Crippen LogP) is 2.81. The summed E-state index contributed by atoms with van der Waals surface area (Å²) in [5.41, 5.74) is 0.958. The molecule has 5 heteroatoms. The van der Waals surface area contributed by atoms with Crippen molar-refractivity contribution < 1.29 is 4.79 Å². The molecule has 2 aromatic heterocycles. The molecule has 3 rings (SSSR count). The van der Waals surface area contributed by atoms with Crippen LogP contribution in [0.4, 0.5) is 0 Å². The van der Waals surface area contributed by atoms with Gasteiger partial charge in [-0.15, -0.1) is 11.3 Å². The molecule has 3 heterocycles. The number of thiazole rings is 1. The van der Waals surface area contributed by atoms with E-state index >= 15 is 0 Å². The third-order valence-electron chi connectivity index (χ3n) is 3.49. The van der Waals surface area contributed by atoms with Crippen LogP contribution < -0.4 is 0 Å². The zero-order valence-electron chi connectivity index (χ0n) is 10.8. The van der Waals surface area contributed by atoms with Gasteiger partial charge in [0.1, 0.15) is 0 Å². The van der Waals surface area contributed by atoms with Gasteiger partial charge in [0.05, 0.1) is 11.9 Å². The molecule has 100 valence electrons. The lowest BCUT2D eigenvalue weighted by molar-refractivity contribution is -0.125. The Morgan fingerprint density at radius 3 is 2.84 bits per heavy atom. The maximum absolute atomic E-state index is 12.1. The molecule has 0 aliphatic carbocycles. The first-order valence-corrected chi connectivity index (χ1v) is 7.60. The van der Waals surface area contributed by atoms with E-state index in [2.05, 4.69) is 4.98 Å². The molecular weight excluding hydrogens is 258 g/mol. The number of nitrogens with zero attached hydrogens (tertiary/aromatic N) is 3. The van der Waals surface area contributed by atoms with Gasteiger partial charge in [-0.1, -0.05) is 12.8 Å². The molecule has 1 saturated heterocycles. The molecule has 4 nitrogen and oxygen atoms in total. The molecule has 19 heavy (non-hydrogen) atoms. The lowest BCUT2D eigenvalue weighted by atomic mass is 10.2. The first-order chi connectivity index (χ1) is 9.34. The molecule has 0 bridgehead atoms. The number of fused-ring (bicyclic) bond motifs is 1. The number of carbonyl (C=O) groups is 1. The molecule has 0 atom stereocenters. The predicted molar refractivity (Wildman–Crippen MR) is 77.2 cm³/mol. The van der Waals surface area contributed by atoms with E-state index in [4.69, 9.17) is 0 Å². The molecule has 0 radical (unpaired) electrons. The molecular formula is C14H17N3OS. The number of likely N-dealkylation sites (tertiary alicyclic amines) is 1. The van der Waals surface area contributed by atoms with Crippen molar-refractivity contribution in [3.05, 3.63) is 29.5 Å². The standard InChI is InChI=1S/C14H17N3OS/c18-13(16-7-3-1-2-4-8-16)6-5-12-11-15-14-17(12)9-10-19-14/h5-6,9-11H,1-4,7-8H2/b6-5+. The Morgan fingerprint density at radius 1 is 1.26 bits per heavy atom. The number of imidazole rings is 1. The molecule has 0 N–H and O–H groups in total. The van der Waals surface area contributed by atoms with Crippen LogP contribution in [0.3, 0.4) is 0 Å². The van der Waals surface area contributed by atoms with Crippen molar-refractivity contribution in [2.24, 2.45) is 0 Å². The zero-order valence-corrected chi connectivity index (χ0v) is 11.6. The van der Waals surface area contributed by atoms with E-state index in [1.54, 1.807) is 23.6 Å². The van der Waals surface area contributed by atoms with Crippen molar-refractivity contribution in [1.29, 1.82) is 0 Å². The molecule has 1 aliphatic rings. The van der Waals surface area contributed by atoms with Crippen LogP contribution in [0.2, 0.25) is 0 Å². The van der Waals surface area contributed by atoms with E-state index in [1.165, 1.54) is 12.8 Å². The Kier molecular flexibility index (Phi) is 3.64. The summed E-state index contributed by atoms with van der Waals surface area (Å²) in [6, 6.07) is 0. The van der Waals surface area contributed by atoms with E-state index < -0.39 is 0 Å². The van der Waals surface area contributed by atoms with Gasteiger partial charge in [-0.25, -0.2) is 4.98 Å². The summed E-state index contributed by atoms with van der Waals surface area (Å²) < 4.78 is 2.00. The van der Waals surface area contributed by atoms with Gasteiger partial charge in [-0.2, -0.15) is 0 Å². The summed E-state index contributed by atoms with van der Waals surface area (Å²) in [7, 11) is 0. The fourth-order valence-corrected chi connectivity index (χ4v) is 3.12. The topological polar surface area (TPSA) is 37.6 Å². The Balaban J connectivity index is 1.71. The van der Waals surface area contributed by atoms with E-state index in [1.807, 2.05) is 27.0 Å². The van der Waals surface area contributed by atoms with E-state index in [0.717, 1.165) is 36.6 Å². The van der Waals surface area contributed by atoms with Crippen LogP contribution in [0.15, 0.2) is 23.8 Å². The molecule has 0 spiro atoms. The third kappa shape index (κ3) is 2.71. The van der Waals surface area contributed by atoms with Crippen molar-refractivity contribution in [3.8, 4) is 0 Å². The number of rotatable bonds is 2. The summed E-state index contributed by atoms with van der Waals surface area (Å²) in [4.78, 5) is 19.3. The van der Waals surface area contributed by atoms with Crippen LogP contribution >= 0.6 is 11.3 Å². The first kappa shape index (κ1) is 12.4. The monoisotopic (exact) mass is 275 g/mol. The summed E-state index contributed by atoms with van der Waals surface area (Å²) in [5, 5.41) is 2.00. The maximum Gasteiger partial charge on any atom is 0.246 e. The smallest absolute Gasteiger partial charge is 0.246 e. The normalized spacial score (nSPS) is 17.2. The van der Waals surface area contributed by atoms with Gasteiger partial charge in [0.2, 0.25) is 5.91 Å². The number of hydrogen-bond donors (Lipinski definition) is 0. The fraction of sp³-hybridized carbons (Fsp3) is 0.429. The first-order valence-electron chi connectivity index (χ1n) is 6.72. The molecule has 1 aliphatic heterocycles. The van der Waals surface area contributed by atoms with Gasteiger partial charge in [0.25, 0.3) is 0 Å². The molecule has 0 saturated carbocycles. The highest BCUT2D eigenvalue weighted by Gasteiger charge is 2.12. The lowest BCUT2D eigenvalue weighted by Gasteiger charge is -2.17. The average Bonchev–Trinajstić information content (AvgIpc) is 2.91. The van der Waals surface area contributed by atoms with Gasteiger partial charge in [0.15, 0.2) is 4.96 Å². The Hall–Kier alpha value is -1.62. The number of carbonyl (C=O) groups excluding carboxylic acids is 1. The van der Waals surface area contributed by atoms with Gasteiger partial charge < -0.3 is 4.90 Å². The van der Waals surface area contributed by atoms with Crippen molar-refractivity contribution >= 4 is 28.3 Å². The number of hydrogen-bond acceptors (Lipinski definition) is 3. The van der Waals surface area contributed by atoms with Gasteiger partial charge in [-0.3, -0.25) is 9.20 Å². The molecule has 1 amide bonds. The Bertz CT molecular complexity index is 591. The van der Waals surface area contributed by atoms with Crippen LogP contribution in [0.5, 0.6) is 0 Å². The lowest BCUT2D eigenvalue weighted by Crippen LogP contribution is -2.30. The van der Waals surface area contributed by atoms with Crippen molar-refractivity contribution in [1.82, 2.24) is 14.3 Å². The minimum atomic E-state index is 0.118. The highest BCUT2D eigenvalue weighted by Crippen LogP contribution is 2.14. The molecule has 2 aromatic rings. The van der Waals surface area contributed by atoms with Crippen LogP contribution in [-0.2, 0) is 4.79 Å². The van der Waals surface area contributed by atoms with E-state index in [9.17, 15) is 4.79 Å². The quantitative estimate of drug-likeness (QED) is 0.790. The second-order valence-corrected chi connectivity index (χ2v) is 5.68. The second-order valence-electron chi connectivity index (χ2n) is 4.81. The molecule has 0 aromatic carbocycles. The zero-order chi connectivity index (χ0) is 13.1. The third-order valence-corrected chi connectivity index (χ3v) is 4.26. The van der Waals surface area contributed by atoms with Crippen molar-refractivity contribution in [2.45, 2.75) is 25.7 Å². The summed E-state index contributed by atoms with van der Waals surface area (Å²) in [5.74, 6) is 0.118. The van der Waals surface area contributed by atoms with Crippen LogP contribution in [-0.4, -0.2) is 33.3 Å². The average molecular weight is 275 g/mol. The minimum Gasteiger partial charge on any atom is -0.339 e. The summed E-state index contributed by atoms with van der Waals surface area (Å²) >= 11 is 1.60. The minimum absolute atomic E-state index is 0.118. The fourth-order valence-electron chi connectivity index (χ4n) is 2.42. The summed E-state index contributed by atoms with van der Waals surface area (Å²) in [6.45, 7) is 1.78. The van der Waals surface area contributed by atoms with Crippen LogP contribution in [0.25, 0.3) is 11.0 Å². The van der Waals surface area contributed by atoms with Crippen LogP contribution in [0, 0.1) is 0 Å². The number of amides is 1. The SMILES string of the molecule is O=C(/C=C/c1cnc2sccn12)N1CCCCCC1. The maximum atomic E-state index is 12.1. The molecule has 1 fully saturated rings. The summed E-state index contributed by atoms with van der Waals surface area (Å²) in [6.07, 6.45) is 12.0. The van der Waals surface area contributed by atoms with Gasteiger partial charge in [0, 0.05) is 30.7 Å². The highest BCUT2D eigenvalue weighted by atomic mass is 32.1. The Labute approximate surface area is 116 Å². The van der Waals surface area contributed by atoms with Gasteiger partial charge >= 0.3 is 0 Å². The van der Waals surface area contributed by atoms with Crippen LogP contribution in [0.1, 0.15) is 31.4 Å². The molecule has 0 unspecified atom stereocenters. The van der Waals surface area contributed by atoms with Crippen molar-refractivity contribution in [2.75, 3.05) is 13.1 Å². The second kappa shape index (κ2) is 5.57. The largest absolute Gasteiger partial charge is 0.339 e. The Morgan fingerprint density at radius 2 is 2.05 bits per heavy atom. The van der Waals surface area contributed by atoms with E-state index in [0.29, 0.717) is 0 Å². The highest BCUT2D eigenvalue weighted by molar-refractivity contribution is 7.15. The van der Waals surface area contributed by atoms with E-state index in [-0.39, 0.29) is 5.91 Å². The van der Waals surface area contributed by atoms with Crippen molar-refractivity contribution in [3.63, 3.8) is 0 Å². The number of aromatic nitrogens is 2. The van der Waals surface area contributed by atoms with Gasteiger partial charge in [-0.05, 0) is 18.9 Å².